The molecular formula is C21H32OS. The molecule has 0 amide bonds. The van der Waals surface area contributed by atoms with E-state index in [0.717, 1.165) is 18.1 Å². The molecular weight excluding hydrogens is 300 g/mol. The molecule has 128 valence electrons. The Morgan fingerprint density at radius 1 is 0.652 bits per heavy atom. The normalized spacial score (nSPS) is 21.8. The van der Waals surface area contributed by atoms with Crippen molar-refractivity contribution in [2.45, 2.75) is 81.9 Å². The first-order valence-electron chi connectivity index (χ1n) is 9.51. The molecule has 1 heterocycles. The van der Waals surface area contributed by atoms with Crippen molar-refractivity contribution in [1.29, 1.82) is 0 Å². The van der Waals surface area contributed by atoms with Crippen molar-refractivity contribution in [1.82, 2.24) is 0 Å². The topological polar surface area (TPSA) is 9.23 Å². The molecule has 0 saturated heterocycles. The second-order valence-electron chi connectivity index (χ2n) is 6.46. The van der Waals surface area contributed by atoms with Crippen LogP contribution in [0, 0.1) is 0 Å². The Balaban J connectivity index is 1.83. The van der Waals surface area contributed by atoms with E-state index in [1.165, 1.54) is 75.5 Å². The highest BCUT2D eigenvalue weighted by atomic mass is 32.2. The second-order valence-corrected chi connectivity index (χ2v) is 7.54. The maximum absolute atomic E-state index is 6.07. The van der Waals surface area contributed by atoms with Gasteiger partial charge in [0.2, 0.25) is 0 Å². The molecule has 0 radical (unpaired) electrons. The average Bonchev–Trinajstić information content (AvgIpc) is 2.57. The largest absolute Gasteiger partial charge is 0.487 e. The Kier molecular flexibility index (Phi) is 10.0. The maximum Gasteiger partial charge on any atom is 0.153 e. The van der Waals surface area contributed by atoms with Crippen LogP contribution < -0.4 is 0 Å². The van der Waals surface area contributed by atoms with Gasteiger partial charge in [-0.1, -0.05) is 87.7 Å². The van der Waals surface area contributed by atoms with Crippen molar-refractivity contribution in [3.05, 3.63) is 41.5 Å². The van der Waals surface area contributed by atoms with Gasteiger partial charge in [0.15, 0.2) is 5.09 Å². The zero-order chi connectivity index (χ0) is 16.0. The van der Waals surface area contributed by atoms with Crippen molar-refractivity contribution >= 4 is 11.8 Å². The van der Waals surface area contributed by atoms with Gasteiger partial charge in [0.25, 0.3) is 0 Å². The van der Waals surface area contributed by atoms with E-state index in [-0.39, 0.29) is 0 Å². The standard InChI is InChI=1S/C21H32OS/c1-2-4-6-8-10-15-19-22-21(18-14-9-7-5-3-1)23-20-16-12-11-13-17-20/h11-13,16-18H,1-10,14-15,19H2/b21-18+. The van der Waals surface area contributed by atoms with Gasteiger partial charge >= 0.3 is 0 Å². The molecule has 2 rings (SSSR count). The number of benzene rings is 1. The van der Waals surface area contributed by atoms with Crippen molar-refractivity contribution < 1.29 is 4.74 Å². The predicted octanol–water partition coefficient (Wildman–Crippen LogP) is 7.33. The van der Waals surface area contributed by atoms with E-state index < -0.39 is 0 Å². The molecule has 0 N–H and O–H groups in total. The SMILES string of the molecule is C1=C(/Sc2ccccc2)OCCCCCCCCCCCCC/1. The number of hydrogen-bond acceptors (Lipinski definition) is 2. The lowest BCUT2D eigenvalue weighted by atomic mass is 10.1. The molecule has 0 unspecified atom stereocenters. The summed E-state index contributed by atoms with van der Waals surface area (Å²) in [5, 5.41) is 1.10. The van der Waals surface area contributed by atoms with Gasteiger partial charge in [0.05, 0.1) is 6.61 Å². The van der Waals surface area contributed by atoms with Crippen molar-refractivity contribution in [2.75, 3.05) is 6.61 Å². The summed E-state index contributed by atoms with van der Waals surface area (Å²) >= 11 is 1.77. The third-order valence-corrected chi connectivity index (χ3v) is 5.36. The number of rotatable bonds is 2. The molecule has 0 atom stereocenters. The Hall–Kier alpha value is -0.890. The van der Waals surface area contributed by atoms with Crippen molar-refractivity contribution in [2.24, 2.45) is 0 Å². The molecule has 0 aliphatic carbocycles. The lowest BCUT2D eigenvalue weighted by Crippen LogP contribution is -1.94. The molecule has 1 aliphatic heterocycles. The van der Waals surface area contributed by atoms with Gasteiger partial charge in [0, 0.05) is 4.90 Å². The highest BCUT2D eigenvalue weighted by Crippen LogP contribution is 2.28. The van der Waals surface area contributed by atoms with Crippen molar-refractivity contribution in [3.8, 4) is 0 Å². The minimum atomic E-state index is 0.867. The van der Waals surface area contributed by atoms with E-state index >= 15 is 0 Å². The van der Waals surface area contributed by atoms with Crippen LogP contribution in [0.15, 0.2) is 46.4 Å². The van der Waals surface area contributed by atoms with Crippen LogP contribution in [0.5, 0.6) is 0 Å². The maximum atomic E-state index is 6.07. The summed E-state index contributed by atoms with van der Waals surface area (Å²) in [6.45, 7) is 0.867. The minimum Gasteiger partial charge on any atom is -0.487 e. The summed E-state index contributed by atoms with van der Waals surface area (Å²) in [4.78, 5) is 1.27. The summed E-state index contributed by atoms with van der Waals surface area (Å²) < 4.78 is 6.07. The molecule has 23 heavy (non-hydrogen) atoms. The van der Waals surface area contributed by atoms with E-state index in [9.17, 15) is 0 Å². The molecule has 1 aliphatic rings. The Labute approximate surface area is 146 Å². The predicted molar refractivity (Wildman–Crippen MR) is 102 cm³/mol. The van der Waals surface area contributed by atoms with Crippen LogP contribution in [0.2, 0.25) is 0 Å². The fraction of sp³-hybridized carbons (Fsp3) is 0.619. The van der Waals surface area contributed by atoms with Crippen LogP contribution in [-0.2, 0) is 4.74 Å². The fourth-order valence-corrected chi connectivity index (χ4v) is 3.83. The smallest absolute Gasteiger partial charge is 0.153 e. The molecule has 2 heteroatoms. The second kappa shape index (κ2) is 12.5. The molecule has 0 bridgehead atoms. The van der Waals surface area contributed by atoms with Crippen LogP contribution in [0.25, 0.3) is 0 Å². The highest BCUT2D eigenvalue weighted by molar-refractivity contribution is 8.02. The van der Waals surface area contributed by atoms with Gasteiger partial charge < -0.3 is 4.74 Å². The van der Waals surface area contributed by atoms with Gasteiger partial charge in [-0.3, -0.25) is 0 Å². The van der Waals surface area contributed by atoms with E-state index in [1.807, 2.05) is 0 Å². The molecule has 0 fully saturated rings. The molecule has 1 aromatic rings. The van der Waals surface area contributed by atoms with Gasteiger partial charge in [-0.2, -0.15) is 0 Å². The van der Waals surface area contributed by atoms with Crippen LogP contribution in [-0.4, -0.2) is 6.61 Å². The Morgan fingerprint density at radius 2 is 1.22 bits per heavy atom. The number of ether oxygens (including phenoxy) is 1. The first kappa shape index (κ1) is 18.4. The molecule has 0 aromatic heterocycles. The van der Waals surface area contributed by atoms with Crippen LogP contribution >= 0.6 is 11.8 Å². The minimum absolute atomic E-state index is 0.867. The van der Waals surface area contributed by atoms with Crippen LogP contribution in [0.3, 0.4) is 0 Å². The summed E-state index contributed by atoms with van der Waals surface area (Å²) in [5.74, 6) is 0. The lowest BCUT2D eigenvalue weighted by molar-refractivity contribution is 0.229. The van der Waals surface area contributed by atoms with E-state index in [0.29, 0.717) is 0 Å². The highest BCUT2D eigenvalue weighted by Gasteiger charge is 2.03. The third kappa shape index (κ3) is 9.10. The zero-order valence-corrected chi connectivity index (χ0v) is 15.3. The number of allylic oxidation sites excluding steroid dienone is 1. The van der Waals surface area contributed by atoms with Gasteiger partial charge in [-0.05, 0) is 37.5 Å². The van der Waals surface area contributed by atoms with Crippen LogP contribution in [0.4, 0.5) is 0 Å². The molecule has 1 nitrogen and oxygen atoms in total. The summed E-state index contributed by atoms with van der Waals surface area (Å²) in [6, 6.07) is 10.6. The number of hydrogen-bond donors (Lipinski definition) is 0. The average molecular weight is 333 g/mol. The first-order valence-corrected chi connectivity index (χ1v) is 10.3. The Bertz CT molecular complexity index is 427. The monoisotopic (exact) mass is 332 g/mol. The van der Waals surface area contributed by atoms with E-state index in [1.54, 1.807) is 11.8 Å². The molecule has 0 spiro atoms. The summed E-state index contributed by atoms with van der Waals surface area (Å²) in [5.41, 5.74) is 0. The van der Waals surface area contributed by atoms with Gasteiger partial charge in [-0.25, -0.2) is 0 Å². The lowest BCUT2D eigenvalue weighted by Gasteiger charge is -2.11. The Morgan fingerprint density at radius 3 is 1.87 bits per heavy atom. The fourth-order valence-electron chi connectivity index (χ4n) is 2.96. The van der Waals surface area contributed by atoms with Crippen LogP contribution in [0.1, 0.15) is 77.0 Å². The van der Waals surface area contributed by atoms with E-state index in [4.69, 9.17) is 4.74 Å². The van der Waals surface area contributed by atoms with Crippen molar-refractivity contribution in [3.63, 3.8) is 0 Å². The molecule has 1 aromatic carbocycles. The summed E-state index contributed by atoms with van der Waals surface area (Å²) in [6.07, 6.45) is 18.5. The van der Waals surface area contributed by atoms with E-state index in [2.05, 4.69) is 36.4 Å². The molecule has 0 saturated carbocycles. The number of thioether (sulfide) groups is 1. The quantitative estimate of drug-likeness (QED) is 0.560. The summed E-state index contributed by atoms with van der Waals surface area (Å²) in [7, 11) is 0. The third-order valence-electron chi connectivity index (χ3n) is 4.37. The van der Waals surface area contributed by atoms with Gasteiger partial charge in [0.1, 0.15) is 0 Å². The zero-order valence-electron chi connectivity index (χ0n) is 14.5. The first-order chi connectivity index (χ1) is 11.4. The van der Waals surface area contributed by atoms with Gasteiger partial charge in [-0.15, -0.1) is 0 Å².